The van der Waals surface area contributed by atoms with E-state index in [0.29, 0.717) is 0 Å². The number of nitrogens with zero attached hydrogens (tertiary/aromatic N) is 1. The number of hydrogen-bond acceptors (Lipinski definition) is 2. The normalized spacial score (nSPS) is 10.5. The SMILES string of the molecule is CC(=O)CC(=O)N(C)c1ccc2cc(C)ccc2c1. The Morgan fingerprint density at radius 2 is 1.68 bits per heavy atom. The Morgan fingerprint density at radius 1 is 1.05 bits per heavy atom. The molecule has 0 unspecified atom stereocenters. The van der Waals surface area contributed by atoms with Gasteiger partial charge in [0.05, 0.1) is 6.42 Å². The molecule has 19 heavy (non-hydrogen) atoms. The van der Waals surface area contributed by atoms with Crippen molar-refractivity contribution < 1.29 is 9.59 Å². The van der Waals surface area contributed by atoms with E-state index in [1.54, 1.807) is 7.05 Å². The second-order valence-electron chi connectivity index (χ2n) is 4.87. The molecule has 2 aromatic carbocycles. The molecule has 0 N–H and O–H groups in total. The average molecular weight is 255 g/mol. The van der Waals surface area contributed by atoms with Crippen molar-refractivity contribution in [2.24, 2.45) is 0 Å². The van der Waals surface area contributed by atoms with E-state index in [9.17, 15) is 9.59 Å². The molecule has 0 aliphatic rings. The van der Waals surface area contributed by atoms with Crippen LogP contribution in [0.1, 0.15) is 18.9 Å². The Labute approximate surface area is 112 Å². The minimum Gasteiger partial charge on any atom is -0.315 e. The topological polar surface area (TPSA) is 37.4 Å². The summed E-state index contributed by atoms with van der Waals surface area (Å²) in [6, 6.07) is 12.1. The third-order valence-electron chi connectivity index (χ3n) is 3.14. The van der Waals surface area contributed by atoms with Crippen LogP contribution in [0.2, 0.25) is 0 Å². The lowest BCUT2D eigenvalue weighted by Gasteiger charge is -2.17. The van der Waals surface area contributed by atoms with Gasteiger partial charge < -0.3 is 4.90 Å². The van der Waals surface area contributed by atoms with Gasteiger partial charge in [-0.1, -0.05) is 29.8 Å². The predicted octanol–water partition coefficient (Wildman–Crippen LogP) is 3.09. The highest BCUT2D eigenvalue weighted by Gasteiger charge is 2.13. The van der Waals surface area contributed by atoms with Gasteiger partial charge in [-0.15, -0.1) is 0 Å². The van der Waals surface area contributed by atoms with Crippen molar-refractivity contribution in [1.29, 1.82) is 0 Å². The van der Waals surface area contributed by atoms with Crippen LogP contribution in [-0.2, 0) is 9.59 Å². The zero-order valence-electron chi connectivity index (χ0n) is 11.4. The number of amides is 1. The van der Waals surface area contributed by atoms with E-state index in [0.717, 1.165) is 16.5 Å². The van der Waals surface area contributed by atoms with Crippen molar-refractivity contribution in [2.45, 2.75) is 20.3 Å². The highest BCUT2D eigenvalue weighted by Crippen LogP contribution is 2.22. The van der Waals surface area contributed by atoms with Gasteiger partial charge in [0.1, 0.15) is 5.78 Å². The monoisotopic (exact) mass is 255 g/mol. The molecule has 0 bridgehead atoms. The van der Waals surface area contributed by atoms with Crippen molar-refractivity contribution in [3.8, 4) is 0 Å². The van der Waals surface area contributed by atoms with Gasteiger partial charge in [-0.05, 0) is 36.8 Å². The number of Topliss-reactive ketones (excluding diaryl/α,β-unsaturated/α-hetero) is 1. The number of ketones is 1. The van der Waals surface area contributed by atoms with E-state index >= 15 is 0 Å². The summed E-state index contributed by atoms with van der Waals surface area (Å²) in [6.45, 7) is 3.48. The lowest BCUT2D eigenvalue weighted by Crippen LogP contribution is -2.27. The van der Waals surface area contributed by atoms with Gasteiger partial charge in [-0.25, -0.2) is 0 Å². The first-order chi connectivity index (χ1) is 8.97. The molecule has 0 heterocycles. The molecule has 3 heteroatoms. The Kier molecular flexibility index (Phi) is 3.65. The number of aryl methyl sites for hydroxylation is 1. The van der Waals surface area contributed by atoms with Gasteiger partial charge in [0.25, 0.3) is 0 Å². The maximum Gasteiger partial charge on any atom is 0.234 e. The standard InChI is InChI=1S/C16H17NO2/c1-11-4-5-14-10-15(7-6-13(14)8-11)17(3)16(19)9-12(2)18/h4-8,10H,9H2,1-3H3. The number of benzene rings is 2. The van der Waals surface area contributed by atoms with Gasteiger partial charge in [-0.3, -0.25) is 9.59 Å². The molecule has 0 aliphatic carbocycles. The Bertz CT molecular complexity index is 646. The number of carbonyl (C=O) groups excluding carboxylic acids is 2. The molecule has 0 radical (unpaired) electrons. The first-order valence-corrected chi connectivity index (χ1v) is 6.24. The lowest BCUT2D eigenvalue weighted by molar-refractivity contribution is -0.125. The van der Waals surface area contributed by atoms with E-state index in [1.807, 2.05) is 30.3 Å². The maximum atomic E-state index is 11.8. The number of anilines is 1. The van der Waals surface area contributed by atoms with Crippen LogP contribution >= 0.6 is 0 Å². The molecule has 0 saturated heterocycles. The average Bonchev–Trinajstić information content (AvgIpc) is 2.36. The Morgan fingerprint density at radius 3 is 2.37 bits per heavy atom. The van der Waals surface area contributed by atoms with Gasteiger partial charge in [0, 0.05) is 12.7 Å². The first kappa shape index (κ1) is 13.3. The predicted molar refractivity (Wildman–Crippen MR) is 77.4 cm³/mol. The molecule has 2 rings (SSSR count). The molecule has 0 atom stereocenters. The van der Waals surface area contributed by atoms with Gasteiger partial charge in [0.2, 0.25) is 5.91 Å². The van der Waals surface area contributed by atoms with Crippen LogP contribution < -0.4 is 4.90 Å². The summed E-state index contributed by atoms with van der Waals surface area (Å²) in [5.41, 5.74) is 2.02. The number of rotatable bonds is 3. The van der Waals surface area contributed by atoms with Crippen molar-refractivity contribution >= 4 is 28.2 Å². The molecule has 98 valence electrons. The molecule has 1 amide bonds. The minimum atomic E-state index is -0.182. The lowest BCUT2D eigenvalue weighted by atomic mass is 10.1. The third kappa shape index (κ3) is 2.99. The first-order valence-electron chi connectivity index (χ1n) is 6.24. The summed E-state index contributed by atoms with van der Waals surface area (Å²) >= 11 is 0. The van der Waals surface area contributed by atoms with Gasteiger partial charge in [0.15, 0.2) is 0 Å². The zero-order valence-corrected chi connectivity index (χ0v) is 11.4. The largest absolute Gasteiger partial charge is 0.315 e. The highest BCUT2D eigenvalue weighted by atomic mass is 16.2. The zero-order chi connectivity index (χ0) is 14.0. The molecule has 0 saturated carbocycles. The second-order valence-corrected chi connectivity index (χ2v) is 4.87. The molecule has 0 aliphatic heterocycles. The summed E-state index contributed by atoms with van der Waals surface area (Å²) in [4.78, 5) is 24.4. The van der Waals surface area contributed by atoms with E-state index in [2.05, 4.69) is 13.0 Å². The fraction of sp³-hybridized carbons (Fsp3) is 0.250. The number of fused-ring (bicyclic) bond motifs is 1. The van der Waals surface area contributed by atoms with Crippen LogP contribution in [0.5, 0.6) is 0 Å². The number of hydrogen-bond donors (Lipinski definition) is 0. The Balaban J connectivity index is 2.32. The van der Waals surface area contributed by atoms with Gasteiger partial charge >= 0.3 is 0 Å². The summed E-state index contributed by atoms with van der Waals surface area (Å²) < 4.78 is 0. The summed E-state index contributed by atoms with van der Waals surface area (Å²) in [7, 11) is 1.70. The van der Waals surface area contributed by atoms with Crippen molar-refractivity contribution in [1.82, 2.24) is 0 Å². The van der Waals surface area contributed by atoms with Gasteiger partial charge in [-0.2, -0.15) is 0 Å². The van der Waals surface area contributed by atoms with E-state index in [1.165, 1.54) is 17.4 Å². The smallest absolute Gasteiger partial charge is 0.234 e. The fourth-order valence-corrected chi connectivity index (χ4v) is 2.04. The van der Waals surface area contributed by atoms with Crippen molar-refractivity contribution in [3.63, 3.8) is 0 Å². The van der Waals surface area contributed by atoms with Crippen LogP contribution in [-0.4, -0.2) is 18.7 Å². The summed E-state index contributed by atoms with van der Waals surface area (Å²) in [5.74, 6) is -0.299. The molecule has 0 spiro atoms. The molecule has 3 nitrogen and oxygen atoms in total. The van der Waals surface area contributed by atoms with Crippen LogP contribution in [0.4, 0.5) is 5.69 Å². The van der Waals surface area contributed by atoms with E-state index in [-0.39, 0.29) is 18.1 Å². The minimum absolute atomic E-state index is 0.0531. The molecular weight excluding hydrogens is 238 g/mol. The summed E-state index contributed by atoms with van der Waals surface area (Å²) in [6.07, 6.45) is -0.0531. The third-order valence-corrected chi connectivity index (χ3v) is 3.14. The van der Waals surface area contributed by atoms with E-state index in [4.69, 9.17) is 0 Å². The molecule has 0 aromatic heterocycles. The van der Waals surface area contributed by atoms with Crippen LogP contribution in [0.3, 0.4) is 0 Å². The Hall–Kier alpha value is -2.16. The number of carbonyl (C=O) groups is 2. The summed E-state index contributed by atoms with van der Waals surface area (Å²) in [5, 5.41) is 2.24. The maximum absolute atomic E-state index is 11.8. The van der Waals surface area contributed by atoms with Crippen molar-refractivity contribution in [3.05, 3.63) is 42.0 Å². The molecule has 2 aromatic rings. The molecule has 0 fully saturated rings. The van der Waals surface area contributed by atoms with Crippen LogP contribution in [0.15, 0.2) is 36.4 Å². The quantitative estimate of drug-likeness (QED) is 0.790. The fourth-order valence-electron chi connectivity index (χ4n) is 2.04. The van der Waals surface area contributed by atoms with Crippen LogP contribution in [0, 0.1) is 6.92 Å². The van der Waals surface area contributed by atoms with E-state index < -0.39 is 0 Å². The second kappa shape index (κ2) is 5.22. The molecular formula is C16H17NO2. The van der Waals surface area contributed by atoms with Crippen LogP contribution in [0.25, 0.3) is 10.8 Å². The van der Waals surface area contributed by atoms with Crippen molar-refractivity contribution in [2.75, 3.05) is 11.9 Å². The highest BCUT2D eigenvalue weighted by molar-refractivity contribution is 6.05.